The lowest BCUT2D eigenvalue weighted by molar-refractivity contribution is 0.182. The van der Waals surface area contributed by atoms with Crippen LogP contribution in [0.25, 0.3) is 11.0 Å². The van der Waals surface area contributed by atoms with Gasteiger partial charge in [0.1, 0.15) is 5.58 Å². The molecule has 4 rings (SSSR count). The van der Waals surface area contributed by atoms with Crippen molar-refractivity contribution in [3.63, 3.8) is 0 Å². The van der Waals surface area contributed by atoms with Crippen LogP contribution in [0.3, 0.4) is 0 Å². The van der Waals surface area contributed by atoms with E-state index < -0.39 is 15.6 Å². The van der Waals surface area contributed by atoms with Gasteiger partial charge in [0.2, 0.25) is 10.0 Å². The number of benzene rings is 2. The average molecular weight is 433 g/mol. The zero-order chi connectivity index (χ0) is 20.6. The first kappa shape index (κ1) is 20.1. The number of rotatable bonds is 4. The number of hydrogen-bond donors (Lipinski definition) is 0. The second-order valence-electron chi connectivity index (χ2n) is 7.18. The highest BCUT2D eigenvalue weighted by molar-refractivity contribution is 7.89. The number of fused-ring (bicyclic) bond motifs is 1. The Bertz CT molecular complexity index is 1200. The number of aryl methyl sites for hydroxylation is 1. The van der Waals surface area contributed by atoms with Gasteiger partial charge >= 0.3 is 5.63 Å². The predicted molar refractivity (Wildman–Crippen MR) is 113 cm³/mol. The number of sulfonamides is 1. The quantitative estimate of drug-likeness (QED) is 0.592. The van der Waals surface area contributed by atoms with Gasteiger partial charge in [-0.25, -0.2) is 13.2 Å². The summed E-state index contributed by atoms with van der Waals surface area (Å²) in [5, 5.41) is 1.42. The molecule has 152 valence electrons. The van der Waals surface area contributed by atoms with Gasteiger partial charge in [-0.05, 0) is 42.3 Å². The molecule has 1 aliphatic heterocycles. The molecule has 0 amide bonds. The minimum atomic E-state index is -3.49. The molecule has 0 atom stereocenters. The van der Waals surface area contributed by atoms with Crippen LogP contribution in [0.5, 0.6) is 0 Å². The number of piperazine rings is 1. The average Bonchev–Trinajstić information content (AvgIpc) is 2.70. The van der Waals surface area contributed by atoms with E-state index >= 15 is 0 Å². The molecule has 1 aliphatic rings. The molecule has 0 N–H and O–H groups in total. The first-order valence-corrected chi connectivity index (χ1v) is 11.2. The van der Waals surface area contributed by atoms with Gasteiger partial charge in [-0.1, -0.05) is 29.8 Å². The van der Waals surface area contributed by atoms with Crippen molar-refractivity contribution >= 4 is 32.6 Å². The molecule has 6 nitrogen and oxygen atoms in total. The standard InChI is InChI=1S/C21H21ClN2O4S/c1-15-11-20-18(13-19(15)22)16(12-21(25)28-20)14-23-7-9-24(10-8-23)29(26,27)17-5-3-2-4-6-17/h2-6,11-13H,7-10,14H2,1H3. The van der Waals surface area contributed by atoms with Crippen LogP contribution in [0, 0.1) is 6.92 Å². The largest absolute Gasteiger partial charge is 0.423 e. The van der Waals surface area contributed by atoms with Crippen LogP contribution >= 0.6 is 11.6 Å². The third-order valence-electron chi connectivity index (χ3n) is 5.22. The lowest BCUT2D eigenvalue weighted by Crippen LogP contribution is -2.48. The summed E-state index contributed by atoms with van der Waals surface area (Å²) in [6.07, 6.45) is 0. The molecule has 2 aromatic carbocycles. The molecule has 2 heterocycles. The summed E-state index contributed by atoms with van der Waals surface area (Å²) in [7, 11) is -3.49. The minimum Gasteiger partial charge on any atom is -0.423 e. The van der Waals surface area contributed by atoms with E-state index in [2.05, 4.69) is 4.90 Å². The summed E-state index contributed by atoms with van der Waals surface area (Å²) < 4.78 is 32.4. The Kier molecular flexibility index (Phi) is 5.48. The van der Waals surface area contributed by atoms with Crippen molar-refractivity contribution in [2.75, 3.05) is 26.2 Å². The van der Waals surface area contributed by atoms with Gasteiger partial charge in [0, 0.05) is 49.2 Å². The fourth-order valence-electron chi connectivity index (χ4n) is 3.59. The lowest BCUT2D eigenvalue weighted by atomic mass is 10.1. The maximum absolute atomic E-state index is 12.8. The van der Waals surface area contributed by atoms with Crippen LogP contribution in [-0.2, 0) is 16.6 Å². The molecule has 0 unspecified atom stereocenters. The van der Waals surface area contributed by atoms with Gasteiger partial charge in [-0.3, -0.25) is 4.90 Å². The summed E-state index contributed by atoms with van der Waals surface area (Å²) >= 11 is 6.26. The summed E-state index contributed by atoms with van der Waals surface area (Å²) in [5.74, 6) is 0. The Hall–Kier alpha value is -2.19. The van der Waals surface area contributed by atoms with Crippen molar-refractivity contribution in [1.82, 2.24) is 9.21 Å². The van der Waals surface area contributed by atoms with Crippen LogP contribution in [0.4, 0.5) is 0 Å². The van der Waals surface area contributed by atoms with Crippen LogP contribution in [0.15, 0.2) is 62.6 Å². The Morgan fingerprint density at radius 3 is 2.41 bits per heavy atom. The van der Waals surface area contributed by atoms with E-state index in [4.69, 9.17) is 16.0 Å². The number of nitrogens with zero attached hydrogens (tertiary/aromatic N) is 2. The van der Waals surface area contributed by atoms with Crippen molar-refractivity contribution in [3.8, 4) is 0 Å². The van der Waals surface area contributed by atoms with Gasteiger partial charge in [-0.15, -0.1) is 0 Å². The second-order valence-corrected chi connectivity index (χ2v) is 9.53. The summed E-state index contributed by atoms with van der Waals surface area (Å²) in [6.45, 7) is 4.34. The van der Waals surface area contributed by atoms with Gasteiger partial charge in [0.25, 0.3) is 0 Å². The topological polar surface area (TPSA) is 70.8 Å². The van der Waals surface area contributed by atoms with Crippen LogP contribution in [-0.4, -0.2) is 43.8 Å². The number of hydrogen-bond acceptors (Lipinski definition) is 5. The normalized spacial score (nSPS) is 16.3. The van der Waals surface area contributed by atoms with E-state index in [0.29, 0.717) is 48.2 Å². The maximum atomic E-state index is 12.8. The first-order valence-electron chi connectivity index (χ1n) is 9.35. The highest BCUT2D eigenvalue weighted by atomic mass is 35.5. The monoisotopic (exact) mass is 432 g/mol. The van der Waals surface area contributed by atoms with Crippen molar-refractivity contribution in [1.29, 1.82) is 0 Å². The first-order chi connectivity index (χ1) is 13.8. The fourth-order valence-corrected chi connectivity index (χ4v) is 5.20. The van der Waals surface area contributed by atoms with Crippen LogP contribution < -0.4 is 5.63 Å². The van der Waals surface area contributed by atoms with Crippen molar-refractivity contribution in [2.45, 2.75) is 18.4 Å². The molecule has 29 heavy (non-hydrogen) atoms. The third kappa shape index (κ3) is 4.09. The smallest absolute Gasteiger partial charge is 0.336 e. The molecule has 0 radical (unpaired) electrons. The van der Waals surface area contributed by atoms with E-state index in [1.54, 1.807) is 36.4 Å². The van der Waals surface area contributed by atoms with Gasteiger partial charge in [0.15, 0.2) is 0 Å². The van der Waals surface area contributed by atoms with Crippen LogP contribution in [0.2, 0.25) is 5.02 Å². The molecule has 8 heteroatoms. The van der Waals surface area contributed by atoms with E-state index in [9.17, 15) is 13.2 Å². The van der Waals surface area contributed by atoms with E-state index in [0.717, 1.165) is 16.5 Å². The highest BCUT2D eigenvalue weighted by Gasteiger charge is 2.28. The fraction of sp³-hybridized carbons (Fsp3) is 0.286. The predicted octanol–water partition coefficient (Wildman–Crippen LogP) is 3.26. The molecule has 1 saturated heterocycles. The minimum absolute atomic E-state index is 0.310. The van der Waals surface area contributed by atoms with Gasteiger partial charge in [-0.2, -0.15) is 4.31 Å². The van der Waals surface area contributed by atoms with Crippen molar-refractivity contribution < 1.29 is 12.8 Å². The van der Waals surface area contributed by atoms with Crippen molar-refractivity contribution in [2.24, 2.45) is 0 Å². The molecule has 0 spiro atoms. The Labute approximate surface area is 174 Å². The summed E-state index contributed by atoms with van der Waals surface area (Å²) in [5.41, 5.74) is 1.79. The Balaban J connectivity index is 1.52. The molecular weight excluding hydrogens is 412 g/mol. The molecule has 0 aliphatic carbocycles. The lowest BCUT2D eigenvalue weighted by Gasteiger charge is -2.34. The molecule has 1 aromatic heterocycles. The molecular formula is C21H21ClN2O4S. The van der Waals surface area contributed by atoms with Crippen LogP contribution in [0.1, 0.15) is 11.1 Å². The SMILES string of the molecule is Cc1cc2oc(=O)cc(CN3CCN(S(=O)(=O)c4ccccc4)CC3)c2cc1Cl. The Morgan fingerprint density at radius 2 is 1.72 bits per heavy atom. The molecule has 0 bridgehead atoms. The molecule has 0 saturated carbocycles. The van der Waals surface area contributed by atoms with E-state index in [1.165, 1.54) is 10.4 Å². The van der Waals surface area contributed by atoms with E-state index in [1.807, 2.05) is 13.0 Å². The van der Waals surface area contributed by atoms with Crippen molar-refractivity contribution in [3.05, 3.63) is 75.1 Å². The zero-order valence-electron chi connectivity index (χ0n) is 16.0. The zero-order valence-corrected chi connectivity index (χ0v) is 17.5. The summed E-state index contributed by atoms with van der Waals surface area (Å²) in [4.78, 5) is 14.4. The van der Waals surface area contributed by atoms with E-state index in [-0.39, 0.29) is 0 Å². The third-order valence-corrected chi connectivity index (χ3v) is 7.54. The maximum Gasteiger partial charge on any atom is 0.336 e. The highest BCUT2D eigenvalue weighted by Crippen LogP contribution is 2.26. The summed E-state index contributed by atoms with van der Waals surface area (Å²) in [6, 6.07) is 13.6. The molecule has 1 fully saturated rings. The molecule has 3 aromatic rings. The second kappa shape index (κ2) is 7.91. The Morgan fingerprint density at radius 1 is 1.03 bits per heavy atom. The van der Waals surface area contributed by atoms with Gasteiger partial charge < -0.3 is 4.42 Å². The number of halogens is 1. The van der Waals surface area contributed by atoms with Gasteiger partial charge in [0.05, 0.1) is 4.90 Å².